The summed E-state index contributed by atoms with van der Waals surface area (Å²) in [6, 6.07) is 11.3. The third-order valence-corrected chi connectivity index (χ3v) is 2.67. The summed E-state index contributed by atoms with van der Waals surface area (Å²) in [5, 5.41) is 12.1. The quantitative estimate of drug-likeness (QED) is 0.807. The summed E-state index contributed by atoms with van der Waals surface area (Å²) in [5.41, 5.74) is 7.87. The van der Waals surface area contributed by atoms with Crippen molar-refractivity contribution in [2.75, 3.05) is 11.1 Å². The molecule has 2 aromatic rings. The van der Waals surface area contributed by atoms with Crippen LogP contribution in [0, 0.1) is 11.3 Å². The van der Waals surface area contributed by atoms with E-state index in [2.05, 4.69) is 18.3 Å². The Hall–Kier alpha value is -2.41. The fraction of sp³-hybridized carbons (Fsp3) is 0.214. The molecular weight excluding hydrogens is 226 g/mol. The minimum absolute atomic E-state index is 0.200. The third-order valence-electron chi connectivity index (χ3n) is 2.67. The fourth-order valence-corrected chi connectivity index (χ4v) is 1.81. The van der Waals surface area contributed by atoms with E-state index < -0.39 is 0 Å². The van der Waals surface area contributed by atoms with Gasteiger partial charge in [-0.1, -0.05) is 0 Å². The van der Waals surface area contributed by atoms with Crippen molar-refractivity contribution in [3.05, 3.63) is 47.9 Å². The Kier molecular flexibility index (Phi) is 3.54. The standard InChI is InChI=1S/C14H15N3O/c1-10(7-12-3-2-6-18-12)17-14-5-4-11(9-15)8-13(14)16/h2-6,8,10,17H,7,16H2,1H3. The number of nitrogens with one attached hydrogen (secondary N) is 1. The van der Waals surface area contributed by atoms with E-state index in [-0.39, 0.29) is 6.04 Å². The topological polar surface area (TPSA) is 75.0 Å². The summed E-state index contributed by atoms with van der Waals surface area (Å²) in [5.74, 6) is 0.933. The molecule has 1 aromatic heterocycles. The maximum absolute atomic E-state index is 8.77. The first-order valence-corrected chi connectivity index (χ1v) is 5.77. The van der Waals surface area contributed by atoms with Crippen LogP contribution in [0.1, 0.15) is 18.2 Å². The Morgan fingerprint density at radius 1 is 1.44 bits per heavy atom. The SMILES string of the molecule is CC(Cc1ccco1)Nc1ccc(C#N)cc1N. The van der Waals surface area contributed by atoms with Crippen LogP contribution in [0.4, 0.5) is 11.4 Å². The van der Waals surface area contributed by atoms with E-state index >= 15 is 0 Å². The van der Waals surface area contributed by atoms with E-state index in [1.807, 2.05) is 18.2 Å². The second kappa shape index (κ2) is 5.28. The molecule has 0 aliphatic rings. The van der Waals surface area contributed by atoms with Crippen LogP contribution in [-0.2, 0) is 6.42 Å². The smallest absolute Gasteiger partial charge is 0.105 e. The summed E-state index contributed by atoms with van der Waals surface area (Å²) >= 11 is 0. The van der Waals surface area contributed by atoms with Crippen LogP contribution in [0.25, 0.3) is 0 Å². The van der Waals surface area contributed by atoms with Gasteiger partial charge in [0.25, 0.3) is 0 Å². The monoisotopic (exact) mass is 241 g/mol. The largest absolute Gasteiger partial charge is 0.469 e. The molecule has 0 fully saturated rings. The highest BCUT2D eigenvalue weighted by molar-refractivity contribution is 5.68. The van der Waals surface area contributed by atoms with Gasteiger partial charge in [0.2, 0.25) is 0 Å². The summed E-state index contributed by atoms with van der Waals surface area (Å²) < 4.78 is 5.29. The molecule has 92 valence electrons. The molecule has 1 atom stereocenters. The number of nitrogen functional groups attached to an aromatic ring is 1. The first-order valence-electron chi connectivity index (χ1n) is 5.77. The van der Waals surface area contributed by atoms with Gasteiger partial charge < -0.3 is 15.5 Å². The molecule has 3 N–H and O–H groups in total. The predicted molar refractivity (Wildman–Crippen MR) is 71.1 cm³/mol. The molecule has 1 unspecified atom stereocenters. The molecule has 0 amide bonds. The molecule has 0 aliphatic heterocycles. The molecule has 4 heteroatoms. The van der Waals surface area contributed by atoms with Crippen molar-refractivity contribution in [1.82, 2.24) is 0 Å². The zero-order valence-electron chi connectivity index (χ0n) is 10.2. The van der Waals surface area contributed by atoms with Gasteiger partial charge in [-0.15, -0.1) is 0 Å². The molecule has 0 spiro atoms. The van der Waals surface area contributed by atoms with Gasteiger partial charge in [-0.3, -0.25) is 0 Å². The van der Waals surface area contributed by atoms with Crippen molar-refractivity contribution < 1.29 is 4.42 Å². The lowest BCUT2D eigenvalue weighted by Gasteiger charge is -2.15. The van der Waals surface area contributed by atoms with Crippen molar-refractivity contribution in [3.63, 3.8) is 0 Å². The minimum Gasteiger partial charge on any atom is -0.469 e. The molecule has 0 radical (unpaired) electrons. The first kappa shape index (κ1) is 12.1. The second-order valence-corrected chi connectivity index (χ2v) is 4.24. The number of nitrogens with two attached hydrogens (primary N) is 1. The first-order chi connectivity index (χ1) is 8.69. The summed E-state index contributed by atoms with van der Waals surface area (Å²) in [4.78, 5) is 0. The maximum atomic E-state index is 8.77. The van der Waals surface area contributed by atoms with Crippen molar-refractivity contribution in [2.45, 2.75) is 19.4 Å². The van der Waals surface area contributed by atoms with Crippen LogP contribution in [-0.4, -0.2) is 6.04 Å². The van der Waals surface area contributed by atoms with Crippen LogP contribution in [0.2, 0.25) is 0 Å². The molecule has 1 heterocycles. The van der Waals surface area contributed by atoms with Crippen LogP contribution >= 0.6 is 0 Å². The molecular formula is C14H15N3O. The van der Waals surface area contributed by atoms with Gasteiger partial charge in [0, 0.05) is 12.5 Å². The van der Waals surface area contributed by atoms with Crippen LogP contribution in [0.5, 0.6) is 0 Å². The Balaban J connectivity index is 2.03. The zero-order valence-corrected chi connectivity index (χ0v) is 10.2. The van der Waals surface area contributed by atoms with Gasteiger partial charge in [0.15, 0.2) is 0 Å². The molecule has 4 nitrogen and oxygen atoms in total. The average molecular weight is 241 g/mol. The number of anilines is 2. The highest BCUT2D eigenvalue weighted by atomic mass is 16.3. The number of rotatable bonds is 4. The van der Waals surface area contributed by atoms with Gasteiger partial charge in [-0.25, -0.2) is 0 Å². The predicted octanol–water partition coefficient (Wildman–Crippen LogP) is 2.78. The van der Waals surface area contributed by atoms with Crippen LogP contribution in [0.15, 0.2) is 41.0 Å². The Bertz CT molecular complexity index is 555. The Labute approximate surface area is 106 Å². The van der Waals surface area contributed by atoms with Gasteiger partial charge in [-0.2, -0.15) is 5.26 Å². The minimum atomic E-state index is 0.200. The van der Waals surface area contributed by atoms with E-state index in [1.165, 1.54) is 0 Å². The molecule has 0 saturated carbocycles. The number of hydrogen-bond donors (Lipinski definition) is 2. The summed E-state index contributed by atoms with van der Waals surface area (Å²) in [6.07, 6.45) is 2.45. The molecule has 0 saturated heterocycles. The molecule has 2 rings (SSSR count). The van der Waals surface area contributed by atoms with E-state index in [4.69, 9.17) is 15.4 Å². The average Bonchev–Trinajstić information content (AvgIpc) is 2.84. The summed E-state index contributed by atoms with van der Waals surface area (Å²) in [7, 11) is 0. The number of nitrogens with zero attached hydrogens (tertiary/aromatic N) is 1. The number of hydrogen-bond acceptors (Lipinski definition) is 4. The zero-order chi connectivity index (χ0) is 13.0. The van der Waals surface area contributed by atoms with E-state index in [1.54, 1.807) is 18.4 Å². The summed E-state index contributed by atoms with van der Waals surface area (Å²) in [6.45, 7) is 2.06. The highest BCUT2D eigenvalue weighted by Crippen LogP contribution is 2.21. The normalized spacial score (nSPS) is 11.8. The second-order valence-electron chi connectivity index (χ2n) is 4.24. The highest BCUT2D eigenvalue weighted by Gasteiger charge is 2.08. The Morgan fingerprint density at radius 2 is 2.28 bits per heavy atom. The molecule has 0 aliphatic carbocycles. The van der Waals surface area contributed by atoms with Gasteiger partial charge in [-0.05, 0) is 37.3 Å². The van der Waals surface area contributed by atoms with Gasteiger partial charge in [0.05, 0.1) is 29.3 Å². The lowest BCUT2D eigenvalue weighted by Crippen LogP contribution is -2.18. The lowest BCUT2D eigenvalue weighted by molar-refractivity contribution is 0.498. The van der Waals surface area contributed by atoms with Crippen molar-refractivity contribution >= 4 is 11.4 Å². The van der Waals surface area contributed by atoms with Crippen molar-refractivity contribution in [2.24, 2.45) is 0 Å². The molecule has 18 heavy (non-hydrogen) atoms. The van der Waals surface area contributed by atoms with Crippen LogP contribution in [0.3, 0.4) is 0 Å². The fourth-order valence-electron chi connectivity index (χ4n) is 1.81. The number of nitriles is 1. The number of furan rings is 1. The third kappa shape index (κ3) is 2.83. The van der Waals surface area contributed by atoms with Crippen LogP contribution < -0.4 is 11.1 Å². The van der Waals surface area contributed by atoms with E-state index in [0.29, 0.717) is 11.3 Å². The number of benzene rings is 1. The van der Waals surface area contributed by atoms with Crippen molar-refractivity contribution in [3.8, 4) is 6.07 Å². The van der Waals surface area contributed by atoms with E-state index in [0.717, 1.165) is 17.9 Å². The molecule has 1 aromatic carbocycles. The lowest BCUT2D eigenvalue weighted by atomic mass is 10.1. The van der Waals surface area contributed by atoms with E-state index in [9.17, 15) is 0 Å². The molecule has 0 bridgehead atoms. The van der Waals surface area contributed by atoms with Gasteiger partial charge in [0.1, 0.15) is 5.76 Å². The Morgan fingerprint density at radius 3 is 2.89 bits per heavy atom. The van der Waals surface area contributed by atoms with Crippen molar-refractivity contribution in [1.29, 1.82) is 5.26 Å². The maximum Gasteiger partial charge on any atom is 0.105 e. The van der Waals surface area contributed by atoms with Gasteiger partial charge >= 0.3 is 0 Å².